The van der Waals surface area contributed by atoms with Crippen molar-refractivity contribution in [2.45, 2.75) is 13.8 Å². The third-order valence-electron chi connectivity index (χ3n) is 4.43. The lowest BCUT2D eigenvalue weighted by Crippen LogP contribution is -1.94. The molecule has 0 bridgehead atoms. The third-order valence-corrected chi connectivity index (χ3v) is 4.43. The first-order chi connectivity index (χ1) is 12.1. The van der Waals surface area contributed by atoms with Crippen LogP contribution in [0.5, 0.6) is 5.75 Å². The van der Waals surface area contributed by atoms with Gasteiger partial charge >= 0.3 is 0 Å². The van der Waals surface area contributed by atoms with Crippen molar-refractivity contribution in [3.8, 4) is 28.0 Å². The number of imidazole rings is 1. The van der Waals surface area contributed by atoms with E-state index in [1.54, 1.807) is 13.3 Å². The molecule has 0 N–H and O–H groups in total. The van der Waals surface area contributed by atoms with Gasteiger partial charge in [0.2, 0.25) is 0 Å². The van der Waals surface area contributed by atoms with Crippen LogP contribution in [0.1, 0.15) is 11.5 Å². The van der Waals surface area contributed by atoms with E-state index in [2.05, 4.69) is 27.3 Å². The van der Waals surface area contributed by atoms with Gasteiger partial charge in [0.25, 0.3) is 0 Å². The van der Waals surface area contributed by atoms with E-state index in [9.17, 15) is 0 Å². The Morgan fingerprint density at radius 3 is 2.72 bits per heavy atom. The number of nitrogens with zero attached hydrogens (tertiary/aromatic N) is 4. The van der Waals surface area contributed by atoms with E-state index in [1.165, 1.54) is 0 Å². The molecule has 3 aromatic heterocycles. The number of aromatic nitrogens is 4. The molecule has 0 aliphatic heterocycles. The van der Waals surface area contributed by atoms with Crippen LogP contribution in [0.4, 0.5) is 0 Å². The van der Waals surface area contributed by atoms with Crippen molar-refractivity contribution in [2.75, 3.05) is 7.11 Å². The number of hydrogen-bond donors (Lipinski definition) is 0. The smallest absolute Gasteiger partial charge is 0.141 e. The van der Waals surface area contributed by atoms with Gasteiger partial charge in [-0.05, 0) is 37.6 Å². The Morgan fingerprint density at radius 1 is 1.16 bits per heavy atom. The summed E-state index contributed by atoms with van der Waals surface area (Å²) in [6, 6.07) is 6.05. The van der Waals surface area contributed by atoms with Crippen molar-refractivity contribution >= 4 is 11.0 Å². The van der Waals surface area contributed by atoms with Crippen LogP contribution < -0.4 is 4.74 Å². The molecule has 0 saturated heterocycles. The second kappa shape index (κ2) is 5.73. The Balaban J connectivity index is 2.08. The van der Waals surface area contributed by atoms with Gasteiger partial charge in [0.05, 0.1) is 30.2 Å². The molecule has 6 nitrogen and oxygen atoms in total. The number of ether oxygens (including phenoxy) is 1. The maximum Gasteiger partial charge on any atom is 0.141 e. The molecule has 0 aliphatic rings. The zero-order valence-electron chi connectivity index (χ0n) is 14.6. The van der Waals surface area contributed by atoms with Crippen LogP contribution in [0.25, 0.3) is 33.3 Å². The second-order valence-electron chi connectivity index (χ2n) is 6.02. The first-order valence-electron chi connectivity index (χ1n) is 7.97. The highest BCUT2D eigenvalue weighted by Crippen LogP contribution is 2.38. The zero-order chi connectivity index (χ0) is 17.6. The first-order valence-corrected chi connectivity index (χ1v) is 7.97. The summed E-state index contributed by atoms with van der Waals surface area (Å²) < 4.78 is 12.9. The number of aryl methyl sites for hydroxylation is 3. The Kier molecular flexibility index (Phi) is 3.53. The van der Waals surface area contributed by atoms with Crippen LogP contribution in [0.3, 0.4) is 0 Å². The average molecular weight is 334 g/mol. The van der Waals surface area contributed by atoms with Crippen LogP contribution >= 0.6 is 0 Å². The van der Waals surface area contributed by atoms with E-state index >= 15 is 0 Å². The lowest BCUT2D eigenvalue weighted by Gasteiger charge is -2.12. The van der Waals surface area contributed by atoms with Crippen LogP contribution in [-0.2, 0) is 7.05 Å². The Labute approximate surface area is 145 Å². The highest BCUT2D eigenvalue weighted by Gasteiger charge is 2.18. The molecule has 6 heteroatoms. The van der Waals surface area contributed by atoms with Crippen molar-refractivity contribution in [1.82, 2.24) is 19.7 Å². The summed E-state index contributed by atoms with van der Waals surface area (Å²) >= 11 is 0. The van der Waals surface area contributed by atoms with Crippen LogP contribution in [0.15, 0.2) is 41.4 Å². The van der Waals surface area contributed by atoms with E-state index in [-0.39, 0.29) is 0 Å². The molecule has 0 spiro atoms. The van der Waals surface area contributed by atoms with Crippen LogP contribution in [0, 0.1) is 13.8 Å². The van der Waals surface area contributed by atoms with Gasteiger partial charge in [-0.3, -0.25) is 4.98 Å². The minimum Gasteiger partial charge on any atom is -0.496 e. The molecule has 0 aliphatic carbocycles. The summed E-state index contributed by atoms with van der Waals surface area (Å²) in [5.74, 6) is 1.56. The molecule has 0 unspecified atom stereocenters. The van der Waals surface area contributed by atoms with E-state index in [1.807, 2.05) is 44.1 Å². The summed E-state index contributed by atoms with van der Waals surface area (Å²) in [4.78, 5) is 8.82. The molecular weight excluding hydrogens is 316 g/mol. The minimum atomic E-state index is 0.772. The van der Waals surface area contributed by atoms with E-state index in [0.29, 0.717) is 0 Å². The average Bonchev–Trinajstić information content (AvgIpc) is 3.16. The van der Waals surface area contributed by atoms with Gasteiger partial charge in [0, 0.05) is 36.1 Å². The number of pyridine rings is 1. The van der Waals surface area contributed by atoms with Gasteiger partial charge in [0.1, 0.15) is 11.5 Å². The maximum atomic E-state index is 5.54. The predicted molar refractivity (Wildman–Crippen MR) is 95.5 cm³/mol. The van der Waals surface area contributed by atoms with Gasteiger partial charge in [-0.25, -0.2) is 4.98 Å². The fourth-order valence-corrected chi connectivity index (χ4v) is 3.30. The van der Waals surface area contributed by atoms with Gasteiger partial charge in [-0.15, -0.1) is 0 Å². The molecule has 1 aromatic carbocycles. The monoisotopic (exact) mass is 334 g/mol. The zero-order valence-corrected chi connectivity index (χ0v) is 14.6. The van der Waals surface area contributed by atoms with Gasteiger partial charge in [0.15, 0.2) is 0 Å². The molecule has 3 heterocycles. The largest absolute Gasteiger partial charge is 0.496 e. The summed E-state index contributed by atoms with van der Waals surface area (Å²) in [6.07, 6.45) is 5.35. The van der Waals surface area contributed by atoms with Gasteiger partial charge in [-0.2, -0.15) is 0 Å². The van der Waals surface area contributed by atoms with E-state index in [4.69, 9.17) is 9.26 Å². The highest BCUT2D eigenvalue weighted by atomic mass is 16.5. The van der Waals surface area contributed by atoms with Crippen LogP contribution in [-0.4, -0.2) is 26.8 Å². The molecule has 0 amide bonds. The number of hydrogen-bond acceptors (Lipinski definition) is 5. The number of rotatable bonds is 3. The normalized spacial score (nSPS) is 11.2. The summed E-state index contributed by atoms with van der Waals surface area (Å²) in [7, 11) is 3.65. The molecule has 4 aromatic rings. The quantitative estimate of drug-likeness (QED) is 0.568. The summed E-state index contributed by atoms with van der Waals surface area (Å²) in [5.41, 5.74) is 6.74. The number of benzene rings is 1. The molecule has 4 rings (SSSR count). The summed E-state index contributed by atoms with van der Waals surface area (Å²) in [6.45, 7) is 3.86. The fraction of sp³-hybridized carbons (Fsp3) is 0.211. The fourth-order valence-electron chi connectivity index (χ4n) is 3.30. The van der Waals surface area contributed by atoms with Crippen LogP contribution in [0.2, 0.25) is 0 Å². The maximum absolute atomic E-state index is 5.54. The Morgan fingerprint density at radius 2 is 2.00 bits per heavy atom. The van der Waals surface area contributed by atoms with Crippen molar-refractivity contribution < 1.29 is 9.26 Å². The molecule has 126 valence electrons. The first kappa shape index (κ1) is 15.4. The molecular formula is C19H18N4O2. The predicted octanol–water partition coefficient (Wildman–Crippen LogP) is 3.92. The Bertz CT molecular complexity index is 1060. The molecule has 0 saturated carbocycles. The SMILES string of the molecule is COc1ccncc1-c1cc(-c2c(C)noc2C)cc2ncn(C)c12. The minimum absolute atomic E-state index is 0.772. The lowest BCUT2D eigenvalue weighted by atomic mass is 9.97. The standard InChI is InChI=1S/C19H18N4O2/c1-11-18(12(2)25-22-11)13-7-14(15-9-20-6-5-17(15)24-4)19-16(8-13)21-10-23(19)3/h5-10H,1-4H3. The molecule has 25 heavy (non-hydrogen) atoms. The summed E-state index contributed by atoms with van der Waals surface area (Å²) in [5, 5.41) is 4.08. The second-order valence-corrected chi connectivity index (χ2v) is 6.02. The van der Waals surface area contributed by atoms with Crippen molar-refractivity contribution in [3.05, 3.63) is 48.4 Å². The topological polar surface area (TPSA) is 66.0 Å². The number of methoxy groups -OCH3 is 1. The van der Waals surface area contributed by atoms with E-state index < -0.39 is 0 Å². The van der Waals surface area contributed by atoms with Crippen molar-refractivity contribution in [2.24, 2.45) is 7.05 Å². The molecule has 0 fully saturated rings. The lowest BCUT2D eigenvalue weighted by molar-refractivity contribution is 0.393. The Hall–Kier alpha value is -3.15. The van der Waals surface area contributed by atoms with Gasteiger partial charge in [-0.1, -0.05) is 5.16 Å². The highest BCUT2D eigenvalue weighted by molar-refractivity contribution is 5.97. The third kappa shape index (κ3) is 2.38. The molecule has 0 atom stereocenters. The van der Waals surface area contributed by atoms with Gasteiger partial charge < -0.3 is 13.8 Å². The van der Waals surface area contributed by atoms with Crippen molar-refractivity contribution in [3.63, 3.8) is 0 Å². The van der Waals surface area contributed by atoms with E-state index in [0.717, 1.165) is 50.5 Å². The van der Waals surface area contributed by atoms with Crippen molar-refractivity contribution in [1.29, 1.82) is 0 Å². The molecule has 0 radical (unpaired) electrons. The number of fused-ring (bicyclic) bond motifs is 1.